The van der Waals surface area contributed by atoms with Gasteiger partial charge in [0, 0.05) is 16.4 Å². The lowest BCUT2D eigenvalue weighted by atomic mass is 10.2. The number of amides is 1. The lowest BCUT2D eigenvalue weighted by Gasteiger charge is -2.07. The highest BCUT2D eigenvalue weighted by atomic mass is 79.9. The molecule has 0 aliphatic heterocycles. The Balaban J connectivity index is 2.18. The second-order valence-electron chi connectivity index (χ2n) is 3.38. The van der Waals surface area contributed by atoms with Crippen molar-refractivity contribution in [1.82, 2.24) is 10.2 Å². The second kappa shape index (κ2) is 4.49. The van der Waals surface area contributed by atoms with Gasteiger partial charge in [0.2, 0.25) is 0 Å². The number of halogens is 1. The van der Waals surface area contributed by atoms with Crippen LogP contribution in [0.4, 0.5) is 5.69 Å². The third-order valence-electron chi connectivity index (χ3n) is 2.18. The smallest absolute Gasteiger partial charge is 0.273 e. The molecule has 16 heavy (non-hydrogen) atoms. The fraction of sp³-hybridized carbons (Fsp3) is 0.0909. The number of benzene rings is 1. The number of rotatable bonds is 2. The summed E-state index contributed by atoms with van der Waals surface area (Å²) in [5, 5.41) is 9.15. The summed E-state index contributed by atoms with van der Waals surface area (Å²) >= 11 is 3.37. The number of aryl methyl sites for hydroxylation is 1. The number of carbonyl (C=O) groups excluding carboxylic acids is 1. The van der Waals surface area contributed by atoms with Crippen LogP contribution in [-0.4, -0.2) is 16.1 Å². The van der Waals surface area contributed by atoms with Crippen molar-refractivity contribution in [3.63, 3.8) is 0 Å². The minimum atomic E-state index is -0.192. The summed E-state index contributed by atoms with van der Waals surface area (Å²) in [6.45, 7) is 1.94. The zero-order valence-corrected chi connectivity index (χ0v) is 10.2. The van der Waals surface area contributed by atoms with E-state index in [1.54, 1.807) is 12.3 Å². The van der Waals surface area contributed by atoms with Gasteiger partial charge in [-0.15, -0.1) is 0 Å². The van der Waals surface area contributed by atoms with Gasteiger partial charge in [0.1, 0.15) is 5.69 Å². The number of anilines is 1. The van der Waals surface area contributed by atoms with Gasteiger partial charge >= 0.3 is 0 Å². The van der Waals surface area contributed by atoms with Crippen molar-refractivity contribution in [3.05, 3.63) is 46.2 Å². The maximum Gasteiger partial charge on any atom is 0.273 e. The molecule has 5 heteroatoms. The first kappa shape index (κ1) is 10.9. The molecule has 2 rings (SSSR count). The Morgan fingerprint density at radius 3 is 2.88 bits per heavy atom. The van der Waals surface area contributed by atoms with Gasteiger partial charge in [-0.3, -0.25) is 9.89 Å². The van der Waals surface area contributed by atoms with Crippen LogP contribution in [0.15, 0.2) is 34.9 Å². The zero-order valence-electron chi connectivity index (χ0n) is 8.62. The molecule has 0 fully saturated rings. The van der Waals surface area contributed by atoms with Crippen LogP contribution >= 0.6 is 15.9 Å². The summed E-state index contributed by atoms with van der Waals surface area (Å²) in [5.74, 6) is -0.192. The van der Waals surface area contributed by atoms with Crippen LogP contribution in [-0.2, 0) is 0 Å². The van der Waals surface area contributed by atoms with Crippen molar-refractivity contribution in [2.24, 2.45) is 0 Å². The molecule has 82 valence electrons. The van der Waals surface area contributed by atoms with Crippen LogP contribution < -0.4 is 5.32 Å². The molecule has 0 aliphatic carbocycles. The van der Waals surface area contributed by atoms with E-state index in [4.69, 9.17) is 0 Å². The first-order valence-corrected chi connectivity index (χ1v) is 5.53. The molecule has 0 saturated heterocycles. The summed E-state index contributed by atoms with van der Waals surface area (Å²) in [4.78, 5) is 11.7. The number of aromatic amines is 1. The van der Waals surface area contributed by atoms with E-state index in [1.165, 1.54) is 0 Å². The molecule has 2 N–H and O–H groups in total. The number of carbonyl (C=O) groups is 1. The van der Waals surface area contributed by atoms with Crippen LogP contribution in [0.3, 0.4) is 0 Å². The van der Waals surface area contributed by atoms with Gasteiger partial charge in [-0.05, 0) is 36.8 Å². The van der Waals surface area contributed by atoms with E-state index in [0.717, 1.165) is 15.7 Å². The summed E-state index contributed by atoms with van der Waals surface area (Å²) in [5.41, 5.74) is 2.24. The van der Waals surface area contributed by atoms with Crippen molar-refractivity contribution >= 4 is 27.5 Å². The highest BCUT2D eigenvalue weighted by molar-refractivity contribution is 9.10. The Hall–Kier alpha value is -1.62. The highest BCUT2D eigenvalue weighted by Crippen LogP contribution is 2.20. The number of H-pyrrole nitrogens is 1. The van der Waals surface area contributed by atoms with Crippen molar-refractivity contribution in [2.45, 2.75) is 6.92 Å². The Labute approximate surface area is 101 Å². The average Bonchev–Trinajstić information content (AvgIpc) is 2.75. The molecule has 0 aliphatic rings. The predicted molar refractivity (Wildman–Crippen MR) is 65.4 cm³/mol. The van der Waals surface area contributed by atoms with Gasteiger partial charge in [0.05, 0.1) is 0 Å². The van der Waals surface area contributed by atoms with E-state index in [2.05, 4.69) is 31.4 Å². The van der Waals surface area contributed by atoms with E-state index in [0.29, 0.717) is 5.69 Å². The molecule has 0 unspecified atom stereocenters. The van der Waals surface area contributed by atoms with E-state index in [-0.39, 0.29) is 5.91 Å². The maximum atomic E-state index is 11.7. The zero-order chi connectivity index (χ0) is 11.5. The molecule has 0 bridgehead atoms. The number of nitrogens with one attached hydrogen (secondary N) is 2. The van der Waals surface area contributed by atoms with Crippen LogP contribution in [0.25, 0.3) is 0 Å². The molecule has 0 radical (unpaired) electrons. The van der Waals surface area contributed by atoms with E-state index in [9.17, 15) is 4.79 Å². The molecule has 1 aromatic carbocycles. The first-order valence-electron chi connectivity index (χ1n) is 4.73. The molecular weight excluding hydrogens is 270 g/mol. The number of hydrogen-bond donors (Lipinski definition) is 2. The quantitative estimate of drug-likeness (QED) is 0.888. The van der Waals surface area contributed by atoms with Gasteiger partial charge in [-0.2, -0.15) is 5.10 Å². The third kappa shape index (κ3) is 2.30. The third-order valence-corrected chi connectivity index (χ3v) is 2.68. The van der Waals surface area contributed by atoms with Gasteiger partial charge in [0.15, 0.2) is 0 Å². The van der Waals surface area contributed by atoms with Crippen LogP contribution in [0.5, 0.6) is 0 Å². The summed E-state index contributed by atoms with van der Waals surface area (Å²) in [7, 11) is 0. The normalized spacial score (nSPS) is 10.1. The van der Waals surface area contributed by atoms with Crippen molar-refractivity contribution < 1.29 is 4.79 Å². The lowest BCUT2D eigenvalue weighted by molar-refractivity contribution is 0.102. The first-order chi connectivity index (χ1) is 7.66. The van der Waals surface area contributed by atoms with Crippen LogP contribution in [0.1, 0.15) is 16.1 Å². The molecule has 1 aromatic heterocycles. The number of aromatic nitrogens is 2. The molecule has 0 saturated carbocycles. The fourth-order valence-electron chi connectivity index (χ4n) is 1.34. The van der Waals surface area contributed by atoms with Gasteiger partial charge in [-0.1, -0.05) is 15.9 Å². The Morgan fingerprint density at radius 1 is 1.44 bits per heavy atom. The van der Waals surface area contributed by atoms with Crippen molar-refractivity contribution in [2.75, 3.05) is 5.32 Å². The summed E-state index contributed by atoms with van der Waals surface area (Å²) < 4.78 is 0.990. The van der Waals surface area contributed by atoms with Crippen molar-refractivity contribution in [1.29, 1.82) is 0 Å². The minimum Gasteiger partial charge on any atom is -0.320 e. The Bertz CT molecular complexity index is 508. The Morgan fingerprint density at radius 2 is 2.25 bits per heavy atom. The predicted octanol–water partition coefficient (Wildman–Crippen LogP) is 2.73. The van der Waals surface area contributed by atoms with E-state index >= 15 is 0 Å². The monoisotopic (exact) mass is 279 g/mol. The van der Waals surface area contributed by atoms with Gasteiger partial charge in [-0.25, -0.2) is 0 Å². The molecule has 1 heterocycles. The summed E-state index contributed by atoms with van der Waals surface area (Å²) in [6, 6.07) is 7.31. The topological polar surface area (TPSA) is 57.8 Å². The number of nitrogens with zero attached hydrogens (tertiary/aromatic N) is 1. The molecule has 1 amide bonds. The van der Waals surface area contributed by atoms with Crippen LogP contribution in [0, 0.1) is 6.92 Å². The van der Waals surface area contributed by atoms with Gasteiger partial charge in [0.25, 0.3) is 5.91 Å². The molecule has 2 aromatic rings. The number of hydrogen-bond acceptors (Lipinski definition) is 2. The second-order valence-corrected chi connectivity index (χ2v) is 4.30. The van der Waals surface area contributed by atoms with Crippen LogP contribution in [0.2, 0.25) is 0 Å². The molecule has 4 nitrogen and oxygen atoms in total. The standard InChI is InChI=1S/C11H10BrN3O/c1-7-6-8(12)2-3-9(7)14-11(16)10-4-5-13-15-10/h2-6H,1H3,(H,13,15)(H,14,16). The minimum absolute atomic E-state index is 0.192. The van der Waals surface area contributed by atoms with E-state index < -0.39 is 0 Å². The SMILES string of the molecule is Cc1cc(Br)ccc1NC(=O)c1ccn[nH]1. The Kier molecular flexibility index (Phi) is 3.05. The largest absolute Gasteiger partial charge is 0.320 e. The van der Waals surface area contributed by atoms with E-state index in [1.807, 2.05) is 25.1 Å². The molecular formula is C11H10BrN3O. The van der Waals surface area contributed by atoms with Crippen molar-refractivity contribution in [3.8, 4) is 0 Å². The summed E-state index contributed by atoms with van der Waals surface area (Å²) in [6.07, 6.45) is 1.54. The lowest BCUT2D eigenvalue weighted by Crippen LogP contribution is -2.13. The average molecular weight is 280 g/mol. The van der Waals surface area contributed by atoms with Gasteiger partial charge < -0.3 is 5.32 Å². The molecule has 0 atom stereocenters. The fourth-order valence-corrected chi connectivity index (χ4v) is 1.81. The maximum absolute atomic E-state index is 11.7. The molecule has 0 spiro atoms. The highest BCUT2D eigenvalue weighted by Gasteiger charge is 2.08.